The van der Waals surface area contributed by atoms with Crippen LogP contribution < -0.4 is 10.2 Å². The Balaban J connectivity index is 1.86. The molecule has 27 heavy (non-hydrogen) atoms. The van der Waals surface area contributed by atoms with Crippen molar-refractivity contribution in [1.29, 1.82) is 0 Å². The molecule has 2 amide bonds. The van der Waals surface area contributed by atoms with Gasteiger partial charge in [0, 0.05) is 51.8 Å². The van der Waals surface area contributed by atoms with E-state index in [0.717, 1.165) is 18.7 Å². The van der Waals surface area contributed by atoms with Crippen LogP contribution in [0.1, 0.15) is 31.7 Å². The van der Waals surface area contributed by atoms with E-state index in [0.29, 0.717) is 32.7 Å². The molecule has 0 atom stereocenters. The van der Waals surface area contributed by atoms with Crippen LogP contribution in [-0.2, 0) is 15.8 Å². The van der Waals surface area contributed by atoms with Gasteiger partial charge in [-0.2, -0.15) is 13.2 Å². The highest BCUT2D eigenvalue weighted by Gasteiger charge is 2.32. The van der Waals surface area contributed by atoms with Gasteiger partial charge >= 0.3 is 6.18 Å². The smallest absolute Gasteiger partial charge is 0.356 e. The van der Waals surface area contributed by atoms with Crippen molar-refractivity contribution < 1.29 is 22.8 Å². The van der Waals surface area contributed by atoms with E-state index < -0.39 is 11.7 Å². The van der Waals surface area contributed by atoms with Gasteiger partial charge in [-0.25, -0.2) is 4.98 Å². The largest absolute Gasteiger partial charge is 0.417 e. The highest BCUT2D eigenvalue weighted by molar-refractivity contribution is 6.33. The van der Waals surface area contributed by atoms with Crippen molar-refractivity contribution in [2.24, 2.45) is 0 Å². The highest BCUT2D eigenvalue weighted by Crippen LogP contribution is 2.33. The molecule has 1 fully saturated rings. The summed E-state index contributed by atoms with van der Waals surface area (Å²) < 4.78 is 38.1. The average molecular weight is 407 g/mol. The molecule has 1 aromatic rings. The van der Waals surface area contributed by atoms with Gasteiger partial charge in [-0.1, -0.05) is 18.5 Å². The van der Waals surface area contributed by atoms with E-state index >= 15 is 0 Å². The highest BCUT2D eigenvalue weighted by atomic mass is 35.5. The van der Waals surface area contributed by atoms with Crippen molar-refractivity contribution in [3.63, 3.8) is 0 Å². The van der Waals surface area contributed by atoms with E-state index in [1.165, 1.54) is 0 Å². The number of nitrogens with zero attached hydrogens (tertiary/aromatic N) is 3. The topological polar surface area (TPSA) is 65.5 Å². The first-order valence-electron chi connectivity index (χ1n) is 8.74. The number of halogens is 4. The number of carbonyl (C=O) groups is 2. The van der Waals surface area contributed by atoms with Crippen molar-refractivity contribution in [3.8, 4) is 0 Å². The van der Waals surface area contributed by atoms with Crippen LogP contribution in [0.4, 0.5) is 19.0 Å². The molecule has 0 bridgehead atoms. The fourth-order valence-corrected chi connectivity index (χ4v) is 3.00. The van der Waals surface area contributed by atoms with Crippen molar-refractivity contribution in [2.75, 3.05) is 37.6 Å². The number of nitrogens with one attached hydrogen (secondary N) is 1. The summed E-state index contributed by atoms with van der Waals surface area (Å²) in [4.78, 5) is 31.0. The monoisotopic (exact) mass is 406 g/mol. The third-order valence-corrected chi connectivity index (χ3v) is 4.50. The van der Waals surface area contributed by atoms with Gasteiger partial charge in [-0.05, 0) is 12.5 Å². The maximum Gasteiger partial charge on any atom is 0.417 e. The summed E-state index contributed by atoms with van der Waals surface area (Å²) in [6, 6.07) is 0.857. The van der Waals surface area contributed by atoms with Gasteiger partial charge in [-0.3, -0.25) is 9.59 Å². The Kier molecular flexibility index (Phi) is 7.29. The summed E-state index contributed by atoms with van der Waals surface area (Å²) in [6.07, 6.45) is -2.63. The minimum atomic E-state index is -4.50. The third-order valence-electron chi connectivity index (χ3n) is 4.22. The van der Waals surface area contributed by atoms with E-state index in [-0.39, 0.29) is 35.5 Å². The molecule has 1 saturated heterocycles. The molecule has 0 aromatic carbocycles. The molecule has 0 unspecified atom stereocenters. The summed E-state index contributed by atoms with van der Waals surface area (Å²) in [5.74, 6) is 0.00746. The summed E-state index contributed by atoms with van der Waals surface area (Å²) in [7, 11) is 0. The van der Waals surface area contributed by atoms with Crippen molar-refractivity contribution >= 4 is 29.2 Å². The lowest BCUT2D eigenvalue weighted by atomic mass is 10.2. The number of piperazine rings is 1. The van der Waals surface area contributed by atoms with E-state index in [9.17, 15) is 22.8 Å². The summed E-state index contributed by atoms with van der Waals surface area (Å²) in [5, 5.41) is 2.65. The Morgan fingerprint density at radius 1 is 1.22 bits per heavy atom. The molecule has 0 aliphatic carbocycles. The average Bonchev–Trinajstić information content (AvgIpc) is 2.63. The molecule has 0 saturated carbocycles. The van der Waals surface area contributed by atoms with Gasteiger partial charge in [0.15, 0.2) is 0 Å². The van der Waals surface area contributed by atoms with E-state index in [2.05, 4.69) is 10.3 Å². The molecule has 1 N–H and O–H groups in total. The lowest BCUT2D eigenvalue weighted by Crippen LogP contribution is -2.49. The fourth-order valence-electron chi connectivity index (χ4n) is 2.72. The summed E-state index contributed by atoms with van der Waals surface area (Å²) in [6.45, 7) is 4.15. The number of alkyl halides is 3. The minimum Gasteiger partial charge on any atom is -0.356 e. The van der Waals surface area contributed by atoms with E-state index in [4.69, 9.17) is 11.6 Å². The molecular formula is C17H22ClF3N4O2. The number of pyridine rings is 1. The summed E-state index contributed by atoms with van der Waals surface area (Å²) >= 11 is 5.96. The number of anilines is 1. The molecule has 150 valence electrons. The second kappa shape index (κ2) is 9.25. The molecule has 1 aliphatic heterocycles. The zero-order valence-corrected chi connectivity index (χ0v) is 15.7. The quantitative estimate of drug-likeness (QED) is 0.789. The molecule has 2 rings (SSSR count). The molecular weight excluding hydrogens is 385 g/mol. The van der Waals surface area contributed by atoms with E-state index in [1.807, 2.05) is 6.92 Å². The van der Waals surface area contributed by atoms with Gasteiger partial charge in [0.2, 0.25) is 11.8 Å². The standard InChI is InChI=1S/C17H22ClF3N4O2/c1-2-5-22-14(26)3-4-15(27)24-6-8-25(9-7-24)16-13(18)10-12(11-23-16)17(19,20)21/h10-11H,2-9H2,1H3,(H,22,26). The molecule has 6 nitrogen and oxygen atoms in total. The molecule has 1 aliphatic rings. The van der Waals surface area contributed by atoms with Crippen molar-refractivity contribution in [3.05, 3.63) is 22.8 Å². The van der Waals surface area contributed by atoms with Crippen LogP contribution in [-0.4, -0.2) is 54.4 Å². The van der Waals surface area contributed by atoms with Crippen LogP contribution in [0, 0.1) is 0 Å². The van der Waals surface area contributed by atoms with E-state index in [1.54, 1.807) is 9.80 Å². The van der Waals surface area contributed by atoms with Crippen LogP contribution >= 0.6 is 11.6 Å². The fraction of sp³-hybridized carbons (Fsp3) is 0.588. The zero-order chi connectivity index (χ0) is 20.0. The first-order valence-corrected chi connectivity index (χ1v) is 9.12. The van der Waals surface area contributed by atoms with Crippen molar-refractivity contribution in [2.45, 2.75) is 32.4 Å². The lowest BCUT2D eigenvalue weighted by molar-refractivity contribution is -0.137. The number of aromatic nitrogens is 1. The van der Waals surface area contributed by atoms with Crippen LogP contribution in [0.3, 0.4) is 0 Å². The van der Waals surface area contributed by atoms with Crippen LogP contribution in [0.2, 0.25) is 5.02 Å². The van der Waals surface area contributed by atoms with Crippen LogP contribution in [0.5, 0.6) is 0 Å². The van der Waals surface area contributed by atoms with Crippen LogP contribution in [0.15, 0.2) is 12.3 Å². The predicted molar refractivity (Wildman–Crippen MR) is 95.6 cm³/mol. The number of rotatable bonds is 6. The first kappa shape index (κ1) is 21.3. The summed E-state index contributed by atoms with van der Waals surface area (Å²) in [5.41, 5.74) is -0.897. The minimum absolute atomic E-state index is 0.0720. The maximum absolute atomic E-state index is 12.7. The Morgan fingerprint density at radius 3 is 2.44 bits per heavy atom. The molecule has 0 radical (unpaired) electrons. The van der Waals surface area contributed by atoms with Crippen molar-refractivity contribution in [1.82, 2.24) is 15.2 Å². The number of carbonyl (C=O) groups excluding carboxylic acids is 2. The Hall–Kier alpha value is -2.03. The third kappa shape index (κ3) is 5.98. The Bertz CT molecular complexity index is 677. The van der Waals surface area contributed by atoms with Gasteiger partial charge in [0.05, 0.1) is 10.6 Å². The van der Waals surface area contributed by atoms with Gasteiger partial charge in [-0.15, -0.1) is 0 Å². The predicted octanol–water partition coefficient (Wildman–Crippen LogP) is 2.71. The molecule has 10 heteroatoms. The maximum atomic E-state index is 12.7. The number of hydrogen-bond acceptors (Lipinski definition) is 4. The molecule has 1 aromatic heterocycles. The second-order valence-corrected chi connectivity index (χ2v) is 6.65. The number of amides is 2. The van der Waals surface area contributed by atoms with Gasteiger partial charge in [0.1, 0.15) is 5.82 Å². The Morgan fingerprint density at radius 2 is 1.89 bits per heavy atom. The Labute approximate surface area is 160 Å². The SMILES string of the molecule is CCCNC(=O)CCC(=O)N1CCN(c2ncc(C(F)(F)F)cc2Cl)CC1. The lowest BCUT2D eigenvalue weighted by Gasteiger charge is -2.35. The second-order valence-electron chi connectivity index (χ2n) is 6.24. The molecule has 2 heterocycles. The van der Waals surface area contributed by atoms with Crippen LogP contribution in [0.25, 0.3) is 0 Å². The zero-order valence-electron chi connectivity index (χ0n) is 15.0. The number of hydrogen-bond donors (Lipinski definition) is 1. The normalized spacial score (nSPS) is 15.0. The van der Waals surface area contributed by atoms with Gasteiger partial charge < -0.3 is 15.1 Å². The molecule has 0 spiro atoms. The van der Waals surface area contributed by atoms with Gasteiger partial charge in [0.25, 0.3) is 0 Å². The first-order chi connectivity index (χ1) is 12.7.